The van der Waals surface area contributed by atoms with E-state index < -0.39 is 16.1 Å². The van der Waals surface area contributed by atoms with Crippen LogP contribution in [-0.4, -0.2) is 36.2 Å². The van der Waals surface area contributed by atoms with Crippen LogP contribution in [0.1, 0.15) is 18.5 Å². The summed E-state index contributed by atoms with van der Waals surface area (Å²) in [7, 11) is -3.66. The minimum absolute atomic E-state index is 0.245. The number of carbonyl (C=O) groups is 1. The van der Waals surface area contributed by atoms with E-state index in [1.165, 1.54) is 15.6 Å². The van der Waals surface area contributed by atoms with E-state index in [1.54, 1.807) is 12.1 Å². The highest BCUT2D eigenvalue weighted by molar-refractivity contribution is 9.11. The molecular formula is C13H14BrN3O3S3. The molecule has 0 spiro atoms. The number of sulfonamides is 1. The average Bonchev–Trinajstić information content (AvgIpc) is 3.19. The Morgan fingerprint density at radius 3 is 2.87 bits per heavy atom. The fraction of sp³-hybridized carbons (Fsp3) is 0.385. The molecule has 1 aliphatic rings. The van der Waals surface area contributed by atoms with Crippen LogP contribution in [0.25, 0.3) is 0 Å². The van der Waals surface area contributed by atoms with Gasteiger partial charge in [0, 0.05) is 11.9 Å². The molecule has 10 heteroatoms. The van der Waals surface area contributed by atoms with Crippen molar-refractivity contribution >= 4 is 59.7 Å². The van der Waals surface area contributed by atoms with Crippen LogP contribution < -0.4 is 5.32 Å². The number of rotatable bonds is 4. The monoisotopic (exact) mass is 435 g/mol. The van der Waals surface area contributed by atoms with E-state index in [2.05, 4.69) is 26.2 Å². The van der Waals surface area contributed by atoms with Crippen LogP contribution in [0.4, 0.5) is 5.13 Å². The van der Waals surface area contributed by atoms with Gasteiger partial charge in [-0.1, -0.05) is 0 Å². The van der Waals surface area contributed by atoms with Crippen LogP contribution in [0, 0.1) is 6.92 Å². The standard InChI is InChI=1S/C13H14BrN3O3S3/c1-8-7-21-13(15-8)16-12(18)9-3-2-6-17(9)23(19,20)11-5-4-10(14)22-11/h4-5,7,9H,2-3,6H2,1H3,(H,15,16,18)/t9-/m1/s1. The topological polar surface area (TPSA) is 79.4 Å². The second-order valence-electron chi connectivity index (χ2n) is 5.12. The maximum Gasteiger partial charge on any atom is 0.253 e. The van der Waals surface area contributed by atoms with Gasteiger partial charge in [-0.3, -0.25) is 4.79 Å². The number of nitrogens with one attached hydrogen (secondary N) is 1. The molecule has 0 aliphatic carbocycles. The van der Waals surface area contributed by atoms with Gasteiger partial charge in [0.15, 0.2) is 5.13 Å². The molecule has 0 bridgehead atoms. The van der Waals surface area contributed by atoms with Gasteiger partial charge in [0.05, 0.1) is 9.48 Å². The summed E-state index contributed by atoms with van der Waals surface area (Å²) in [6, 6.07) is 2.56. The summed E-state index contributed by atoms with van der Waals surface area (Å²) in [6.45, 7) is 2.19. The number of thiazole rings is 1. The van der Waals surface area contributed by atoms with Crippen LogP contribution in [0.3, 0.4) is 0 Å². The Morgan fingerprint density at radius 1 is 1.48 bits per heavy atom. The van der Waals surface area contributed by atoms with Crippen molar-refractivity contribution in [3.05, 3.63) is 27.0 Å². The first-order valence-electron chi connectivity index (χ1n) is 6.88. The fourth-order valence-corrected chi connectivity index (χ4v) is 6.93. The molecule has 2 aromatic heterocycles. The number of nitrogens with zero attached hydrogens (tertiary/aromatic N) is 2. The van der Waals surface area contributed by atoms with Crippen LogP contribution in [0.2, 0.25) is 0 Å². The number of aromatic nitrogens is 1. The van der Waals surface area contributed by atoms with Crippen LogP contribution >= 0.6 is 38.6 Å². The van der Waals surface area contributed by atoms with E-state index >= 15 is 0 Å². The first kappa shape index (κ1) is 17.0. The van der Waals surface area contributed by atoms with E-state index in [0.29, 0.717) is 24.5 Å². The van der Waals surface area contributed by atoms with Gasteiger partial charge in [-0.15, -0.1) is 22.7 Å². The first-order chi connectivity index (χ1) is 10.9. The average molecular weight is 436 g/mol. The number of hydrogen-bond acceptors (Lipinski definition) is 6. The lowest BCUT2D eigenvalue weighted by Gasteiger charge is -2.22. The molecule has 1 aliphatic heterocycles. The van der Waals surface area contributed by atoms with Crippen molar-refractivity contribution in [3.63, 3.8) is 0 Å². The summed E-state index contributed by atoms with van der Waals surface area (Å²) in [5, 5.41) is 5.05. The van der Waals surface area contributed by atoms with E-state index in [9.17, 15) is 13.2 Å². The second-order valence-corrected chi connectivity index (χ2v) is 10.6. The normalized spacial score (nSPS) is 19.1. The highest BCUT2D eigenvalue weighted by atomic mass is 79.9. The quantitative estimate of drug-likeness (QED) is 0.799. The predicted molar refractivity (Wildman–Crippen MR) is 94.4 cm³/mol. The first-order valence-corrected chi connectivity index (χ1v) is 10.8. The van der Waals surface area contributed by atoms with E-state index in [-0.39, 0.29) is 10.1 Å². The van der Waals surface area contributed by atoms with E-state index in [4.69, 9.17) is 0 Å². The van der Waals surface area contributed by atoms with Crippen molar-refractivity contribution in [2.24, 2.45) is 0 Å². The number of amides is 1. The van der Waals surface area contributed by atoms with Gasteiger partial charge in [0.2, 0.25) is 5.91 Å². The maximum absolute atomic E-state index is 12.7. The van der Waals surface area contributed by atoms with Crippen molar-refractivity contribution < 1.29 is 13.2 Å². The number of anilines is 1. The van der Waals surface area contributed by atoms with Crippen molar-refractivity contribution in [1.82, 2.24) is 9.29 Å². The molecule has 0 unspecified atom stereocenters. The molecule has 1 atom stereocenters. The van der Waals surface area contributed by atoms with Gasteiger partial charge in [0.25, 0.3) is 10.0 Å². The van der Waals surface area contributed by atoms with Crippen LogP contribution in [0.5, 0.6) is 0 Å². The summed E-state index contributed by atoms with van der Waals surface area (Å²) >= 11 is 5.75. The second kappa shape index (κ2) is 6.60. The lowest BCUT2D eigenvalue weighted by Crippen LogP contribution is -2.42. The van der Waals surface area contributed by atoms with E-state index in [0.717, 1.165) is 20.8 Å². The molecule has 1 fully saturated rings. The third kappa shape index (κ3) is 3.50. The molecule has 1 N–H and O–H groups in total. The number of hydrogen-bond donors (Lipinski definition) is 1. The van der Waals surface area contributed by atoms with Gasteiger partial charge in [0.1, 0.15) is 10.3 Å². The summed E-state index contributed by atoms with van der Waals surface area (Å²) in [4.78, 5) is 16.6. The molecule has 3 heterocycles. The van der Waals surface area contributed by atoms with Crippen LogP contribution in [0.15, 0.2) is 25.5 Å². The predicted octanol–water partition coefficient (Wildman–Crippen LogP) is 3.07. The smallest absolute Gasteiger partial charge is 0.253 e. The number of thiophene rings is 1. The van der Waals surface area contributed by atoms with Crippen molar-refractivity contribution in [3.8, 4) is 0 Å². The Morgan fingerprint density at radius 2 is 2.26 bits per heavy atom. The molecule has 0 saturated carbocycles. The zero-order valence-corrected chi connectivity index (χ0v) is 16.2. The summed E-state index contributed by atoms with van der Waals surface area (Å²) in [6.07, 6.45) is 1.18. The zero-order chi connectivity index (χ0) is 16.6. The van der Waals surface area contributed by atoms with Crippen molar-refractivity contribution in [2.75, 3.05) is 11.9 Å². The molecule has 0 aromatic carbocycles. The van der Waals surface area contributed by atoms with E-state index in [1.807, 2.05) is 12.3 Å². The Bertz CT molecular complexity index is 830. The number of halogens is 1. The van der Waals surface area contributed by atoms with Crippen LogP contribution in [-0.2, 0) is 14.8 Å². The number of carbonyl (C=O) groups excluding carboxylic acids is 1. The summed E-state index contributed by atoms with van der Waals surface area (Å²) < 4.78 is 27.8. The highest BCUT2D eigenvalue weighted by Gasteiger charge is 2.40. The van der Waals surface area contributed by atoms with Crippen molar-refractivity contribution in [2.45, 2.75) is 30.0 Å². The Labute approximate surface area is 150 Å². The minimum atomic E-state index is -3.66. The summed E-state index contributed by atoms with van der Waals surface area (Å²) in [5.74, 6) is -0.323. The molecular weight excluding hydrogens is 422 g/mol. The number of aryl methyl sites for hydroxylation is 1. The molecule has 23 heavy (non-hydrogen) atoms. The van der Waals surface area contributed by atoms with Gasteiger partial charge in [-0.25, -0.2) is 13.4 Å². The summed E-state index contributed by atoms with van der Waals surface area (Å²) in [5.41, 5.74) is 0.824. The van der Waals surface area contributed by atoms with Gasteiger partial charge >= 0.3 is 0 Å². The Kier molecular flexibility index (Phi) is 4.88. The van der Waals surface area contributed by atoms with Crippen molar-refractivity contribution in [1.29, 1.82) is 0 Å². The lowest BCUT2D eigenvalue weighted by molar-refractivity contribution is -0.119. The zero-order valence-electron chi connectivity index (χ0n) is 12.2. The molecule has 1 amide bonds. The highest BCUT2D eigenvalue weighted by Crippen LogP contribution is 2.32. The van der Waals surface area contributed by atoms with Gasteiger partial charge in [-0.2, -0.15) is 4.31 Å². The third-order valence-corrected chi connectivity index (χ3v) is 8.34. The molecule has 3 rings (SSSR count). The maximum atomic E-state index is 12.7. The third-order valence-electron chi connectivity index (χ3n) is 3.47. The largest absolute Gasteiger partial charge is 0.301 e. The molecule has 124 valence electrons. The SMILES string of the molecule is Cc1csc(NC(=O)[C@H]2CCCN2S(=O)(=O)c2ccc(Br)s2)n1. The van der Waals surface area contributed by atoms with Gasteiger partial charge < -0.3 is 5.32 Å². The Balaban J connectivity index is 1.81. The molecule has 6 nitrogen and oxygen atoms in total. The van der Waals surface area contributed by atoms with Gasteiger partial charge in [-0.05, 0) is 47.8 Å². The fourth-order valence-electron chi connectivity index (χ4n) is 2.44. The molecule has 0 radical (unpaired) electrons. The minimum Gasteiger partial charge on any atom is -0.301 e. The Hall–Kier alpha value is -0.810. The lowest BCUT2D eigenvalue weighted by atomic mass is 10.2. The molecule has 2 aromatic rings. The molecule has 1 saturated heterocycles.